The molecule has 6 heteroatoms. The number of benzene rings is 1. The lowest BCUT2D eigenvalue weighted by atomic mass is 10.2. The predicted octanol–water partition coefficient (Wildman–Crippen LogP) is 2.41. The first kappa shape index (κ1) is 14.0. The maximum absolute atomic E-state index is 13.0. The number of nitrogens with zero attached hydrogens (tertiary/aromatic N) is 2. The van der Waals surface area contributed by atoms with Gasteiger partial charge in [-0.25, -0.2) is 9.37 Å². The van der Waals surface area contributed by atoms with Crippen LogP contribution in [0.3, 0.4) is 0 Å². The van der Waals surface area contributed by atoms with E-state index in [2.05, 4.69) is 4.98 Å². The molecule has 2 rings (SSSR count). The summed E-state index contributed by atoms with van der Waals surface area (Å²) in [6, 6.07) is 3.71. The molecule has 2 N–H and O–H groups in total. The minimum absolute atomic E-state index is 0.0774. The Kier molecular flexibility index (Phi) is 4.02. The topological polar surface area (TPSA) is 70.1 Å². The van der Waals surface area contributed by atoms with Gasteiger partial charge in [-0.2, -0.15) is 0 Å². The van der Waals surface area contributed by atoms with Crippen LogP contribution in [0, 0.1) is 11.7 Å². The highest BCUT2D eigenvalue weighted by Crippen LogP contribution is 2.25. The van der Waals surface area contributed by atoms with E-state index in [9.17, 15) is 9.18 Å². The van der Waals surface area contributed by atoms with Crippen LogP contribution in [0.25, 0.3) is 0 Å². The van der Waals surface area contributed by atoms with E-state index in [-0.39, 0.29) is 22.9 Å². The number of nitrogen functional groups attached to an aromatic ring is 1. The zero-order chi connectivity index (χ0) is 14.7. The Labute approximate surface area is 115 Å². The monoisotopic (exact) mass is 277 g/mol. The number of hydrogen-bond acceptors (Lipinski definition) is 4. The largest absolute Gasteiger partial charge is 0.432 e. The second kappa shape index (κ2) is 5.73. The Balaban J connectivity index is 2.32. The summed E-state index contributed by atoms with van der Waals surface area (Å²) in [4.78, 5) is 16.0. The molecule has 0 radical (unpaired) electrons. The second-order valence-electron chi connectivity index (χ2n) is 4.87. The molecule has 0 aliphatic rings. The first-order valence-electron chi connectivity index (χ1n) is 6.25. The van der Waals surface area contributed by atoms with Crippen molar-refractivity contribution in [3.63, 3.8) is 0 Å². The predicted molar refractivity (Wildman–Crippen MR) is 74.2 cm³/mol. The number of anilines is 1. The van der Waals surface area contributed by atoms with Gasteiger partial charge in [0.05, 0.1) is 5.69 Å². The van der Waals surface area contributed by atoms with Crippen LogP contribution in [-0.2, 0) is 6.54 Å². The Morgan fingerprint density at radius 2 is 2.20 bits per heavy atom. The van der Waals surface area contributed by atoms with Crippen LogP contribution < -0.4 is 16.0 Å². The molecule has 1 heterocycles. The lowest BCUT2D eigenvalue weighted by Crippen LogP contribution is -2.23. The standard InChI is InChI=1S/C14H16FN3O2/c1-9(2)8-18-6-5-17-13(14(18)19)20-12-4-3-10(15)7-11(12)16/h3-7,9H,8,16H2,1-2H3. The molecule has 0 saturated carbocycles. The smallest absolute Gasteiger partial charge is 0.313 e. The Morgan fingerprint density at radius 3 is 2.85 bits per heavy atom. The molecule has 0 spiro atoms. The van der Waals surface area contributed by atoms with Gasteiger partial charge in [0.15, 0.2) is 5.75 Å². The highest BCUT2D eigenvalue weighted by Gasteiger charge is 2.10. The zero-order valence-corrected chi connectivity index (χ0v) is 11.3. The molecule has 106 valence electrons. The normalized spacial score (nSPS) is 10.8. The van der Waals surface area contributed by atoms with Crippen LogP contribution in [0.15, 0.2) is 35.4 Å². The van der Waals surface area contributed by atoms with Crippen LogP contribution in [0.1, 0.15) is 13.8 Å². The molecular formula is C14H16FN3O2. The van der Waals surface area contributed by atoms with Crippen molar-refractivity contribution < 1.29 is 9.13 Å². The maximum atomic E-state index is 13.0. The van der Waals surface area contributed by atoms with Gasteiger partial charge in [0.2, 0.25) is 0 Å². The van der Waals surface area contributed by atoms with Gasteiger partial charge in [-0.15, -0.1) is 0 Å². The Bertz CT molecular complexity index is 668. The first-order chi connectivity index (χ1) is 9.47. The van der Waals surface area contributed by atoms with Crippen molar-refractivity contribution in [2.45, 2.75) is 20.4 Å². The van der Waals surface area contributed by atoms with E-state index < -0.39 is 5.82 Å². The molecule has 0 unspecified atom stereocenters. The van der Waals surface area contributed by atoms with Crippen molar-refractivity contribution in [2.75, 3.05) is 5.73 Å². The number of ether oxygens (including phenoxy) is 1. The van der Waals surface area contributed by atoms with E-state index in [0.717, 1.165) is 6.07 Å². The fraction of sp³-hybridized carbons (Fsp3) is 0.286. The van der Waals surface area contributed by atoms with Gasteiger partial charge in [-0.3, -0.25) is 4.79 Å². The van der Waals surface area contributed by atoms with Crippen LogP contribution in [0.5, 0.6) is 11.6 Å². The summed E-state index contributed by atoms with van der Waals surface area (Å²) < 4.78 is 19.9. The summed E-state index contributed by atoms with van der Waals surface area (Å²) >= 11 is 0. The number of aromatic nitrogens is 2. The molecule has 1 aromatic carbocycles. The fourth-order valence-corrected chi connectivity index (χ4v) is 1.75. The summed E-state index contributed by atoms with van der Waals surface area (Å²) in [6.45, 7) is 4.58. The van der Waals surface area contributed by atoms with Crippen LogP contribution in [0.4, 0.5) is 10.1 Å². The van der Waals surface area contributed by atoms with Crippen molar-refractivity contribution in [3.05, 3.63) is 46.8 Å². The van der Waals surface area contributed by atoms with Gasteiger partial charge < -0.3 is 15.0 Å². The molecule has 0 saturated heterocycles. The van der Waals surface area contributed by atoms with Crippen molar-refractivity contribution in [1.82, 2.24) is 9.55 Å². The summed E-state index contributed by atoms with van der Waals surface area (Å²) in [6.07, 6.45) is 3.09. The quantitative estimate of drug-likeness (QED) is 0.871. The highest BCUT2D eigenvalue weighted by atomic mass is 19.1. The fourth-order valence-electron chi connectivity index (χ4n) is 1.75. The highest BCUT2D eigenvalue weighted by molar-refractivity contribution is 5.53. The van der Waals surface area contributed by atoms with E-state index >= 15 is 0 Å². The van der Waals surface area contributed by atoms with Crippen molar-refractivity contribution >= 4 is 5.69 Å². The number of hydrogen-bond donors (Lipinski definition) is 1. The molecule has 0 atom stereocenters. The lowest BCUT2D eigenvalue weighted by molar-refractivity contribution is 0.433. The number of nitrogens with two attached hydrogens (primary N) is 1. The molecule has 0 bridgehead atoms. The molecule has 0 fully saturated rings. The average Bonchev–Trinajstić information content (AvgIpc) is 2.36. The van der Waals surface area contributed by atoms with Gasteiger partial charge in [0, 0.05) is 25.0 Å². The van der Waals surface area contributed by atoms with E-state index in [4.69, 9.17) is 10.5 Å². The van der Waals surface area contributed by atoms with Gasteiger partial charge in [-0.1, -0.05) is 13.8 Å². The van der Waals surface area contributed by atoms with Crippen molar-refractivity contribution in [3.8, 4) is 11.6 Å². The van der Waals surface area contributed by atoms with Crippen molar-refractivity contribution in [2.24, 2.45) is 5.92 Å². The van der Waals surface area contributed by atoms with Crippen molar-refractivity contribution in [1.29, 1.82) is 0 Å². The molecule has 20 heavy (non-hydrogen) atoms. The van der Waals surface area contributed by atoms with E-state index in [1.807, 2.05) is 13.8 Å². The SMILES string of the molecule is CC(C)Cn1ccnc(Oc2ccc(F)cc2N)c1=O. The summed E-state index contributed by atoms with van der Waals surface area (Å²) in [5.41, 5.74) is 5.41. The third-order valence-electron chi connectivity index (χ3n) is 2.62. The number of rotatable bonds is 4. The zero-order valence-electron chi connectivity index (χ0n) is 11.3. The molecule has 5 nitrogen and oxygen atoms in total. The molecule has 2 aromatic rings. The minimum atomic E-state index is -0.465. The van der Waals surface area contributed by atoms with E-state index in [0.29, 0.717) is 12.5 Å². The summed E-state index contributed by atoms with van der Waals surface area (Å²) in [5.74, 6) is -0.0170. The van der Waals surface area contributed by atoms with Crippen LogP contribution >= 0.6 is 0 Å². The van der Waals surface area contributed by atoms with Gasteiger partial charge in [-0.05, 0) is 18.1 Å². The molecule has 0 aliphatic heterocycles. The molecule has 1 aromatic heterocycles. The average molecular weight is 277 g/mol. The lowest BCUT2D eigenvalue weighted by Gasteiger charge is -2.11. The summed E-state index contributed by atoms with van der Waals surface area (Å²) in [7, 11) is 0. The molecule has 0 amide bonds. The van der Waals surface area contributed by atoms with Crippen LogP contribution in [0.2, 0.25) is 0 Å². The Hall–Kier alpha value is -2.37. The molecule has 0 aliphatic carbocycles. The van der Waals surface area contributed by atoms with E-state index in [1.54, 1.807) is 6.20 Å². The second-order valence-corrected chi connectivity index (χ2v) is 4.87. The summed E-state index contributed by atoms with van der Waals surface area (Å²) in [5, 5.41) is 0. The van der Waals surface area contributed by atoms with Gasteiger partial charge in [0.1, 0.15) is 5.82 Å². The maximum Gasteiger partial charge on any atom is 0.313 e. The Morgan fingerprint density at radius 1 is 1.45 bits per heavy atom. The first-order valence-corrected chi connectivity index (χ1v) is 6.25. The van der Waals surface area contributed by atoms with Crippen LogP contribution in [-0.4, -0.2) is 9.55 Å². The minimum Gasteiger partial charge on any atom is -0.432 e. The number of halogens is 1. The third kappa shape index (κ3) is 3.14. The van der Waals surface area contributed by atoms with Gasteiger partial charge >= 0.3 is 5.56 Å². The molecular weight excluding hydrogens is 261 g/mol. The van der Waals surface area contributed by atoms with E-state index in [1.165, 1.54) is 22.9 Å². The third-order valence-corrected chi connectivity index (χ3v) is 2.62. The van der Waals surface area contributed by atoms with Gasteiger partial charge in [0.25, 0.3) is 5.88 Å².